The molecule has 3 rings (SSSR count). The largest absolute Gasteiger partial charge is 0.381 e. The molecule has 1 atom stereocenters. The van der Waals surface area contributed by atoms with Crippen LogP contribution < -0.4 is 5.32 Å². The zero-order valence-electron chi connectivity index (χ0n) is 13.6. The second-order valence-corrected chi connectivity index (χ2v) is 5.97. The van der Waals surface area contributed by atoms with E-state index in [1.165, 1.54) is 0 Å². The van der Waals surface area contributed by atoms with Crippen LogP contribution in [-0.2, 0) is 9.53 Å². The summed E-state index contributed by atoms with van der Waals surface area (Å²) in [4.78, 5) is 16.6. The van der Waals surface area contributed by atoms with Crippen molar-refractivity contribution < 1.29 is 9.53 Å². The van der Waals surface area contributed by atoms with Crippen molar-refractivity contribution >= 4 is 12.0 Å². The molecular weight excluding hydrogens is 300 g/mol. The van der Waals surface area contributed by atoms with Crippen LogP contribution in [0.1, 0.15) is 30.0 Å². The molecule has 1 aromatic heterocycles. The van der Waals surface area contributed by atoms with Gasteiger partial charge in [0.2, 0.25) is 5.91 Å². The fourth-order valence-corrected chi connectivity index (χ4v) is 3.02. The quantitative estimate of drug-likeness (QED) is 0.859. The van der Waals surface area contributed by atoms with Crippen molar-refractivity contribution in [3.8, 4) is 0 Å². The molecule has 1 amide bonds. The fourth-order valence-electron chi connectivity index (χ4n) is 3.02. The third-order valence-corrected chi connectivity index (χ3v) is 4.31. The molecule has 4 nitrogen and oxygen atoms in total. The molecule has 1 saturated heterocycles. The number of rotatable bonds is 5. The lowest BCUT2D eigenvalue weighted by molar-refractivity contribution is -0.117. The molecule has 2 aromatic rings. The first-order chi connectivity index (χ1) is 11.8. The topological polar surface area (TPSA) is 51.2 Å². The second-order valence-electron chi connectivity index (χ2n) is 5.97. The molecule has 0 radical (unpaired) electrons. The van der Waals surface area contributed by atoms with Gasteiger partial charge < -0.3 is 10.1 Å². The minimum atomic E-state index is -0.0841. The van der Waals surface area contributed by atoms with Gasteiger partial charge in [0.05, 0.1) is 6.04 Å². The summed E-state index contributed by atoms with van der Waals surface area (Å²) in [6.07, 6.45) is 8.91. The summed E-state index contributed by atoms with van der Waals surface area (Å²) in [6.45, 7) is 1.49. The molecule has 0 saturated carbocycles. The lowest BCUT2D eigenvalue weighted by atomic mass is 9.87. The van der Waals surface area contributed by atoms with E-state index in [0.29, 0.717) is 5.92 Å². The summed E-state index contributed by atoms with van der Waals surface area (Å²) in [5.41, 5.74) is 2.06. The number of hydrogen-bond donors (Lipinski definition) is 1. The highest BCUT2D eigenvalue weighted by Gasteiger charge is 2.26. The minimum Gasteiger partial charge on any atom is -0.381 e. The number of aromatic nitrogens is 1. The molecule has 1 aliphatic heterocycles. The molecule has 1 aromatic carbocycles. The van der Waals surface area contributed by atoms with E-state index in [1.807, 2.05) is 54.7 Å². The monoisotopic (exact) mass is 322 g/mol. The van der Waals surface area contributed by atoms with Gasteiger partial charge in [0, 0.05) is 31.7 Å². The number of carbonyl (C=O) groups is 1. The van der Waals surface area contributed by atoms with Crippen molar-refractivity contribution in [3.63, 3.8) is 0 Å². The van der Waals surface area contributed by atoms with E-state index < -0.39 is 0 Å². The first-order valence-electron chi connectivity index (χ1n) is 8.34. The number of pyridine rings is 1. The van der Waals surface area contributed by atoms with Crippen molar-refractivity contribution in [2.24, 2.45) is 5.92 Å². The van der Waals surface area contributed by atoms with Crippen LogP contribution in [0.4, 0.5) is 0 Å². The maximum absolute atomic E-state index is 12.4. The Morgan fingerprint density at radius 3 is 2.67 bits per heavy atom. The van der Waals surface area contributed by atoms with Crippen LogP contribution in [0, 0.1) is 5.92 Å². The Hall–Kier alpha value is -2.46. The molecule has 0 aliphatic carbocycles. The van der Waals surface area contributed by atoms with Crippen molar-refractivity contribution in [2.45, 2.75) is 18.9 Å². The van der Waals surface area contributed by atoms with Gasteiger partial charge in [-0.2, -0.15) is 0 Å². The average molecular weight is 322 g/mol. The molecular formula is C20H22N2O2. The van der Waals surface area contributed by atoms with E-state index in [4.69, 9.17) is 4.74 Å². The molecule has 0 bridgehead atoms. The van der Waals surface area contributed by atoms with Gasteiger partial charge in [-0.15, -0.1) is 0 Å². The predicted molar refractivity (Wildman–Crippen MR) is 94.1 cm³/mol. The van der Waals surface area contributed by atoms with E-state index in [9.17, 15) is 4.79 Å². The molecule has 24 heavy (non-hydrogen) atoms. The first kappa shape index (κ1) is 16.4. The summed E-state index contributed by atoms with van der Waals surface area (Å²) in [6, 6.07) is 13.7. The molecule has 0 spiro atoms. The van der Waals surface area contributed by atoms with Gasteiger partial charge in [-0.1, -0.05) is 36.4 Å². The molecule has 2 heterocycles. The Morgan fingerprint density at radius 2 is 1.96 bits per heavy atom. The van der Waals surface area contributed by atoms with E-state index in [-0.39, 0.29) is 11.9 Å². The molecule has 1 aliphatic rings. The number of ether oxygens (including phenoxy) is 1. The highest BCUT2D eigenvalue weighted by molar-refractivity contribution is 5.92. The number of nitrogens with zero attached hydrogens (tertiary/aromatic N) is 1. The highest BCUT2D eigenvalue weighted by Crippen LogP contribution is 2.29. The van der Waals surface area contributed by atoms with Gasteiger partial charge in [0.25, 0.3) is 0 Å². The van der Waals surface area contributed by atoms with Crippen LogP contribution in [0.5, 0.6) is 0 Å². The predicted octanol–water partition coefficient (Wildman–Crippen LogP) is 3.38. The summed E-state index contributed by atoms with van der Waals surface area (Å²) < 4.78 is 5.45. The lowest BCUT2D eigenvalue weighted by Gasteiger charge is -2.30. The number of amides is 1. The molecule has 1 N–H and O–H groups in total. The Labute approximate surface area is 142 Å². The van der Waals surface area contributed by atoms with Gasteiger partial charge in [-0.25, -0.2) is 0 Å². The van der Waals surface area contributed by atoms with Crippen LogP contribution in [-0.4, -0.2) is 24.1 Å². The summed E-state index contributed by atoms with van der Waals surface area (Å²) >= 11 is 0. The second kappa shape index (κ2) is 8.41. The average Bonchev–Trinajstić information content (AvgIpc) is 2.67. The minimum absolute atomic E-state index is 0.0319. The van der Waals surface area contributed by atoms with E-state index >= 15 is 0 Å². The van der Waals surface area contributed by atoms with Crippen LogP contribution in [0.25, 0.3) is 6.08 Å². The smallest absolute Gasteiger partial charge is 0.244 e. The fraction of sp³-hybridized carbons (Fsp3) is 0.300. The van der Waals surface area contributed by atoms with E-state index in [2.05, 4.69) is 10.3 Å². The van der Waals surface area contributed by atoms with Crippen LogP contribution >= 0.6 is 0 Å². The first-order valence-corrected chi connectivity index (χ1v) is 8.34. The standard InChI is InChI=1S/C20H22N2O2/c23-19(9-8-16-5-2-1-3-6-16)22-20(17-10-13-24-14-11-17)18-7-4-12-21-15-18/h1-9,12,15,17,20H,10-11,13-14H2,(H,22,23)/b9-8+. The molecule has 124 valence electrons. The van der Waals surface area contributed by atoms with Gasteiger partial charge in [0.15, 0.2) is 0 Å². The van der Waals surface area contributed by atoms with E-state index in [1.54, 1.807) is 12.3 Å². The van der Waals surface area contributed by atoms with Crippen molar-refractivity contribution in [3.05, 3.63) is 72.1 Å². The number of carbonyl (C=O) groups excluding carboxylic acids is 1. The molecule has 1 unspecified atom stereocenters. The van der Waals surface area contributed by atoms with Gasteiger partial charge in [-0.3, -0.25) is 9.78 Å². The highest BCUT2D eigenvalue weighted by atomic mass is 16.5. The third kappa shape index (κ3) is 4.52. The van der Waals surface area contributed by atoms with Crippen molar-refractivity contribution in [2.75, 3.05) is 13.2 Å². The van der Waals surface area contributed by atoms with E-state index in [0.717, 1.165) is 37.2 Å². The third-order valence-electron chi connectivity index (χ3n) is 4.31. The number of benzene rings is 1. The summed E-state index contributed by atoms with van der Waals surface area (Å²) in [7, 11) is 0. The lowest BCUT2D eigenvalue weighted by Crippen LogP contribution is -2.35. The Balaban J connectivity index is 1.71. The molecule has 4 heteroatoms. The van der Waals surface area contributed by atoms with Crippen molar-refractivity contribution in [1.29, 1.82) is 0 Å². The molecule has 1 fully saturated rings. The Kier molecular flexibility index (Phi) is 5.75. The van der Waals surface area contributed by atoms with Gasteiger partial charge in [-0.05, 0) is 42.0 Å². The van der Waals surface area contributed by atoms with Gasteiger partial charge in [0.1, 0.15) is 0 Å². The van der Waals surface area contributed by atoms with Gasteiger partial charge >= 0.3 is 0 Å². The normalized spacial score (nSPS) is 16.8. The van der Waals surface area contributed by atoms with Crippen LogP contribution in [0.15, 0.2) is 60.9 Å². The summed E-state index contributed by atoms with van der Waals surface area (Å²) in [5, 5.41) is 3.15. The Bertz CT molecular complexity index is 665. The summed E-state index contributed by atoms with van der Waals surface area (Å²) in [5.74, 6) is 0.288. The Morgan fingerprint density at radius 1 is 1.17 bits per heavy atom. The zero-order chi connectivity index (χ0) is 16.6. The SMILES string of the molecule is O=C(/C=C/c1ccccc1)NC(c1cccnc1)C1CCOCC1. The zero-order valence-corrected chi connectivity index (χ0v) is 13.6. The number of nitrogens with one attached hydrogen (secondary N) is 1. The maximum Gasteiger partial charge on any atom is 0.244 e. The van der Waals surface area contributed by atoms with Crippen molar-refractivity contribution in [1.82, 2.24) is 10.3 Å². The van der Waals surface area contributed by atoms with Crippen LogP contribution in [0.3, 0.4) is 0 Å². The maximum atomic E-state index is 12.4. The number of hydrogen-bond acceptors (Lipinski definition) is 3. The van der Waals surface area contributed by atoms with Crippen LogP contribution in [0.2, 0.25) is 0 Å².